The van der Waals surface area contributed by atoms with Gasteiger partial charge in [0.1, 0.15) is 16.3 Å². The number of methoxy groups -OCH3 is 2. The van der Waals surface area contributed by atoms with Crippen molar-refractivity contribution in [3.05, 3.63) is 34.0 Å². The average molecular weight is 349 g/mol. The molecular weight excluding hydrogens is 330 g/mol. The Kier molecular flexibility index (Phi) is 9.00. The van der Waals surface area contributed by atoms with Crippen LogP contribution in [0.2, 0.25) is 0 Å². The molecule has 130 valence electrons. The summed E-state index contributed by atoms with van der Waals surface area (Å²) in [5, 5.41) is 0.304. The number of carbonyl (C=O) groups excluding carboxylic acids is 1. The molecule has 0 aliphatic carbocycles. The van der Waals surface area contributed by atoms with Crippen LogP contribution >= 0.6 is 0 Å². The zero-order valence-corrected chi connectivity index (χ0v) is 13.5. The van der Waals surface area contributed by atoms with E-state index < -0.39 is 22.2 Å². The van der Waals surface area contributed by atoms with Crippen LogP contribution in [0.15, 0.2) is 28.0 Å². The molecule has 0 spiro atoms. The highest BCUT2D eigenvalue weighted by Crippen LogP contribution is 2.23. The van der Waals surface area contributed by atoms with E-state index in [1.807, 2.05) is 0 Å². The first-order chi connectivity index (χ1) is 9.51. The van der Waals surface area contributed by atoms with Crippen LogP contribution in [0.1, 0.15) is 10.4 Å². The number of para-hydroxylation sites is 1. The van der Waals surface area contributed by atoms with Crippen molar-refractivity contribution in [1.29, 1.82) is 0 Å². The van der Waals surface area contributed by atoms with Crippen molar-refractivity contribution in [1.82, 2.24) is 4.98 Å². The molecule has 2 aromatic rings. The Morgan fingerprint density at radius 1 is 1.17 bits per heavy atom. The zero-order valence-electron chi connectivity index (χ0n) is 12.7. The number of hydrogen-bond acceptors (Lipinski definition) is 5. The van der Waals surface area contributed by atoms with Gasteiger partial charge in [-0.05, 0) is 12.1 Å². The van der Waals surface area contributed by atoms with E-state index in [-0.39, 0.29) is 32.4 Å². The molecular formula is C13H19NO8S. The Morgan fingerprint density at radius 2 is 1.78 bits per heavy atom. The molecule has 2 rings (SSSR count). The van der Waals surface area contributed by atoms with Crippen LogP contribution in [0.4, 0.5) is 0 Å². The summed E-state index contributed by atoms with van der Waals surface area (Å²) in [6.45, 7) is 0. The lowest BCUT2D eigenvalue weighted by Gasteiger charge is -2.10. The minimum absolute atomic E-state index is 0. The van der Waals surface area contributed by atoms with Gasteiger partial charge in [-0.15, -0.1) is 0 Å². The highest BCUT2D eigenvalue weighted by Gasteiger charge is 2.22. The summed E-state index contributed by atoms with van der Waals surface area (Å²) in [7, 11) is 1.08. The molecule has 1 heterocycles. The van der Waals surface area contributed by atoms with Crippen molar-refractivity contribution < 1.29 is 34.9 Å². The lowest BCUT2D eigenvalue weighted by molar-refractivity contribution is 0.0594. The fourth-order valence-electron chi connectivity index (χ4n) is 1.94. The smallest absolute Gasteiger partial charge is 0.344 e. The first-order valence-corrected chi connectivity index (χ1v) is 7.21. The van der Waals surface area contributed by atoms with Gasteiger partial charge < -0.3 is 30.9 Å². The van der Waals surface area contributed by atoms with Gasteiger partial charge in [0.15, 0.2) is 0 Å². The van der Waals surface area contributed by atoms with Crippen molar-refractivity contribution >= 4 is 27.7 Å². The van der Waals surface area contributed by atoms with Gasteiger partial charge in [-0.1, -0.05) is 6.07 Å². The number of aromatic nitrogens is 1. The van der Waals surface area contributed by atoms with Gasteiger partial charge in [0.05, 0.1) is 35.9 Å². The summed E-state index contributed by atoms with van der Waals surface area (Å²) in [6, 6.07) is 4.87. The Balaban J connectivity index is 0. The summed E-state index contributed by atoms with van der Waals surface area (Å²) in [4.78, 5) is 27.0. The van der Waals surface area contributed by atoms with Gasteiger partial charge in [0, 0.05) is 6.26 Å². The second-order valence-corrected chi connectivity index (χ2v) is 5.30. The van der Waals surface area contributed by atoms with Crippen molar-refractivity contribution in [3.63, 3.8) is 0 Å². The molecule has 0 saturated carbocycles. The summed E-state index contributed by atoms with van der Waals surface area (Å²) in [6.07, 6.45) is 1.37. The molecule has 7 N–H and O–H groups in total. The van der Waals surface area contributed by atoms with E-state index in [0.29, 0.717) is 11.3 Å². The highest BCUT2D eigenvalue weighted by atomic mass is 32.2. The molecule has 1 aromatic carbocycles. The number of pyridine rings is 1. The van der Waals surface area contributed by atoms with E-state index in [4.69, 9.17) is 4.74 Å². The molecule has 1 aromatic heterocycles. The number of benzene rings is 1. The minimum Gasteiger partial charge on any atom is -0.495 e. The van der Waals surface area contributed by atoms with E-state index in [1.165, 1.54) is 20.5 Å². The summed E-state index contributed by atoms with van der Waals surface area (Å²) in [5.41, 5.74) is -0.373. The first-order valence-electron chi connectivity index (χ1n) is 5.66. The fourth-order valence-corrected chi connectivity index (χ4v) is 2.65. The number of ether oxygens (including phenoxy) is 2. The molecule has 0 aliphatic rings. The van der Waals surface area contributed by atoms with E-state index in [2.05, 4.69) is 9.72 Å². The summed E-state index contributed by atoms with van der Waals surface area (Å²) in [5.74, 6) is -0.385. The van der Waals surface area contributed by atoms with Crippen LogP contribution in [0.3, 0.4) is 0 Å². The van der Waals surface area contributed by atoms with Gasteiger partial charge in [-0.3, -0.25) is 9.00 Å². The predicted octanol–water partition coefficient (Wildman–Crippen LogP) is -1.41. The molecule has 1 atom stereocenters. The number of aromatic amines is 1. The van der Waals surface area contributed by atoms with Gasteiger partial charge in [0.2, 0.25) is 5.43 Å². The van der Waals surface area contributed by atoms with Crippen LogP contribution in [0, 0.1) is 0 Å². The first kappa shape index (κ1) is 23.0. The zero-order chi connectivity index (χ0) is 14.9. The second-order valence-electron chi connectivity index (χ2n) is 3.99. The molecule has 0 bridgehead atoms. The van der Waals surface area contributed by atoms with Gasteiger partial charge in [-0.25, -0.2) is 4.79 Å². The van der Waals surface area contributed by atoms with E-state index in [9.17, 15) is 13.8 Å². The number of carbonyl (C=O) groups is 1. The van der Waals surface area contributed by atoms with Gasteiger partial charge in [-0.2, -0.15) is 0 Å². The Bertz CT molecular complexity index is 770. The van der Waals surface area contributed by atoms with Gasteiger partial charge in [0.25, 0.3) is 0 Å². The van der Waals surface area contributed by atoms with Crippen LogP contribution in [-0.2, 0) is 15.5 Å². The van der Waals surface area contributed by atoms with Gasteiger partial charge >= 0.3 is 5.97 Å². The average Bonchev–Trinajstić information content (AvgIpc) is 2.45. The largest absolute Gasteiger partial charge is 0.495 e. The maximum Gasteiger partial charge on any atom is 0.344 e. The number of rotatable bonds is 3. The van der Waals surface area contributed by atoms with E-state index in [1.54, 1.807) is 18.2 Å². The molecule has 10 heteroatoms. The number of esters is 1. The Morgan fingerprint density at radius 3 is 2.26 bits per heavy atom. The lowest BCUT2D eigenvalue weighted by Crippen LogP contribution is -2.21. The highest BCUT2D eigenvalue weighted by molar-refractivity contribution is 7.84. The van der Waals surface area contributed by atoms with Crippen LogP contribution in [0.25, 0.3) is 10.9 Å². The van der Waals surface area contributed by atoms with E-state index in [0.717, 1.165) is 0 Å². The molecule has 0 fully saturated rings. The Labute approximate surface area is 133 Å². The van der Waals surface area contributed by atoms with E-state index >= 15 is 0 Å². The molecule has 23 heavy (non-hydrogen) atoms. The maximum absolute atomic E-state index is 12.4. The quantitative estimate of drug-likeness (QED) is 0.667. The molecule has 0 aliphatic heterocycles. The number of fused-ring (bicyclic) bond motifs is 1. The molecule has 0 radical (unpaired) electrons. The molecule has 0 saturated heterocycles. The van der Waals surface area contributed by atoms with Crippen LogP contribution < -0.4 is 10.2 Å². The summed E-state index contributed by atoms with van der Waals surface area (Å²) >= 11 is 0. The van der Waals surface area contributed by atoms with Crippen molar-refractivity contribution in [2.45, 2.75) is 5.03 Å². The third kappa shape index (κ3) is 3.93. The topological polar surface area (TPSA) is 180 Å². The van der Waals surface area contributed by atoms with Crippen LogP contribution in [0.5, 0.6) is 5.75 Å². The number of H-pyrrole nitrogens is 1. The lowest BCUT2D eigenvalue weighted by atomic mass is 10.1. The molecule has 0 unspecified atom stereocenters. The van der Waals surface area contributed by atoms with Crippen molar-refractivity contribution in [2.75, 3.05) is 20.5 Å². The standard InChI is InChI=1S/C13H13NO5S.3H2O/c1-18-8-6-4-5-7-10(8)14-12(20(3)17)9(11(7)15)13(16)19-2;;;/h4-6H,1-3H3,(H,14,15);3*1H2/t20-;;;/m1.../s1. The maximum atomic E-state index is 12.4. The Hall–Kier alpha value is -2.27. The number of nitrogens with one attached hydrogen (secondary N) is 1. The monoisotopic (exact) mass is 349 g/mol. The van der Waals surface area contributed by atoms with Crippen molar-refractivity contribution in [3.8, 4) is 5.75 Å². The summed E-state index contributed by atoms with van der Waals surface area (Å²) < 4.78 is 21.5. The minimum atomic E-state index is -1.55. The predicted molar refractivity (Wildman–Crippen MR) is 85.6 cm³/mol. The molecule has 0 amide bonds. The third-order valence-corrected chi connectivity index (χ3v) is 3.74. The SMILES string of the molecule is COC(=O)c1c([S@@](C)=O)[nH]c2c(OC)cccc2c1=O.O.O.O. The normalized spacial score (nSPS) is 10.6. The molecule has 9 nitrogen and oxygen atoms in total. The van der Waals surface area contributed by atoms with Crippen LogP contribution in [-0.4, -0.2) is 52.1 Å². The fraction of sp³-hybridized carbons (Fsp3) is 0.231. The second kappa shape index (κ2) is 9.00. The third-order valence-electron chi connectivity index (χ3n) is 2.86. The van der Waals surface area contributed by atoms with Crippen molar-refractivity contribution in [2.24, 2.45) is 0 Å². The number of hydrogen-bond donors (Lipinski definition) is 1.